The summed E-state index contributed by atoms with van der Waals surface area (Å²) in [7, 11) is 3.05. The van der Waals surface area contributed by atoms with E-state index in [-0.39, 0.29) is 11.9 Å². The zero-order valence-corrected chi connectivity index (χ0v) is 11.8. The number of carbonyl (C=O) groups is 2. The van der Waals surface area contributed by atoms with Crippen molar-refractivity contribution in [3.05, 3.63) is 35.9 Å². The van der Waals surface area contributed by atoms with Gasteiger partial charge in [0.25, 0.3) is 0 Å². The van der Waals surface area contributed by atoms with Gasteiger partial charge in [-0.05, 0) is 30.2 Å². The van der Waals surface area contributed by atoms with E-state index >= 15 is 0 Å². The largest absolute Gasteiger partial charge is 0.469 e. The second kappa shape index (κ2) is 7.99. The average molecular weight is 276 g/mol. The average Bonchev–Trinajstić information content (AvgIpc) is 2.44. The molecule has 0 radical (unpaired) electrons. The fourth-order valence-electron chi connectivity index (χ4n) is 1.63. The molecule has 5 nitrogen and oxygen atoms in total. The maximum Gasteiger partial charge on any atom is 0.305 e. The second-order valence-electron chi connectivity index (χ2n) is 4.44. The summed E-state index contributed by atoms with van der Waals surface area (Å²) in [6.45, 7) is 0.509. The normalized spacial score (nSPS) is 10.5. The van der Waals surface area contributed by atoms with E-state index in [1.165, 1.54) is 13.2 Å². The lowest BCUT2D eigenvalue weighted by atomic mass is 10.2. The third-order valence-corrected chi connectivity index (χ3v) is 2.81. The van der Waals surface area contributed by atoms with Crippen LogP contribution in [0.5, 0.6) is 0 Å². The number of likely N-dealkylation sites (N-methyl/N-ethyl adjacent to an activating group) is 1. The van der Waals surface area contributed by atoms with Crippen molar-refractivity contribution in [2.24, 2.45) is 0 Å². The number of carbonyl (C=O) groups excluding carboxylic acids is 2. The van der Waals surface area contributed by atoms with Gasteiger partial charge in [0.2, 0.25) is 5.91 Å². The highest BCUT2D eigenvalue weighted by atomic mass is 16.5. The number of hydrogen-bond acceptors (Lipinski definition) is 4. The molecular weight excluding hydrogens is 256 g/mol. The fourth-order valence-corrected chi connectivity index (χ4v) is 1.63. The molecule has 20 heavy (non-hydrogen) atoms. The van der Waals surface area contributed by atoms with Gasteiger partial charge in [0.05, 0.1) is 7.11 Å². The van der Waals surface area contributed by atoms with Crippen LogP contribution < -0.4 is 5.73 Å². The highest BCUT2D eigenvalue weighted by Crippen LogP contribution is 2.08. The van der Waals surface area contributed by atoms with Gasteiger partial charge >= 0.3 is 5.97 Å². The van der Waals surface area contributed by atoms with Crippen molar-refractivity contribution in [2.45, 2.75) is 12.8 Å². The van der Waals surface area contributed by atoms with E-state index in [1.807, 2.05) is 12.1 Å². The van der Waals surface area contributed by atoms with E-state index in [4.69, 9.17) is 5.73 Å². The standard InChI is InChI=1S/C15H20N2O3/c1-17(10-4-7-15(19)20-2)14(18)9-8-12-5-3-6-13(16)11-12/h3,5-6,8-9,11H,4,7,10,16H2,1-2H3/b9-8+. The summed E-state index contributed by atoms with van der Waals surface area (Å²) >= 11 is 0. The minimum absolute atomic E-state index is 0.114. The van der Waals surface area contributed by atoms with Gasteiger partial charge in [-0.2, -0.15) is 0 Å². The second-order valence-corrected chi connectivity index (χ2v) is 4.44. The van der Waals surface area contributed by atoms with Crippen LogP contribution in [0, 0.1) is 0 Å². The molecule has 1 aromatic rings. The molecule has 1 rings (SSSR count). The van der Waals surface area contributed by atoms with Crippen molar-refractivity contribution in [1.29, 1.82) is 0 Å². The molecule has 0 aromatic heterocycles. The molecule has 108 valence electrons. The first-order valence-corrected chi connectivity index (χ1v) is 6.38. The number of benzene rings is 1. The highest BCUT2D eigenvalue weighted by Gasteiger charge is 2.06. The van der Waals surface area contributed by atoms with Gasteiger partial charge in [0, 0.05) is 31.8 Å². The van der Waals surface area contributed by atoms with E-state index in [0.29, 0.717) is 25.1 Å². The van der Waals surface area contributed by atoms with Crippen molar-refractivity contribution in [3.8, 4) is 0 Å². The Bertz CT molecular complexity index is 498. The quantitative estimate of drug-likeness (QED) is 0.487. The zero-order valence-electron chi connectivity index (χ0n) is 11.8. The summed E-state index contributed by atoms with van der Waals surface area (Å²) < 4.78 is 4.54. The smallest absolute Gasteiger partial charge is 0.305 e. The molecule has 0 saturated heterocycles. The van der Waals surface area contributed by atoms with Crippen LogP contribution in [-0.2, 0) is 14.3 Å². The van der Waals surface area contributed by atoms with Gasteiger partial charge in [-0.25, -0.2) is 0 Å². The summed E-state index contributed by atoms with van der Waals surface area (Å²) in [5.74, 6) is -0.376. The van der Waals surface area contributed by atoms with Crippen molar-refractivity contribution in [2.75, 3.05) is 26.4 Å². The molecule has 0 atom stereocenters. The van der Waals surface area contributed by atoms with Crippen LogP contribution in [0.25, 0.3) is 6.08 Å². The Labute approximate surface area is 119 Å². The first-order chi connectivity index (χ1) is 9.52. The van der Waals surface area contributed by atoms with E-state index in [9.17, 15) is 9.59 Å². The van der Waals surface area contributed by atoms with Gasteiger partial charge in [-0.15, -0.1) is 0 Å². The van der Waals surface area contributed by atoms with Crippen molar-refractivity contribution >= 4 is 23.6 Å². The van der Waals surface area contributed by atoms with Gasteiger partial charge in [0.1, 0.15) is 0 Å². The predicted octanol–water partition coefficient (Wildman–Crippen LogP) is 1.69. The van der Waals surface area contributed by atoms with Crippen LogP contribution >= 0.6 is 0 Å². The summed E-state index contributed by atoms with van der Waals surface area (Å²) in [6.07, 6.45) is 4.11. The molecule has 2 N–H and O–H groups in total. The first kappa shape index (κ1) is 15.8. The summed E-state index contributed by atoms with van der Waals surface area (Å²) in [5, 5.41) is 0. The van der Waals surface area contributed by atoms with Gasteiger partial charge in [-0.3, -0.25) is 9.59 Å². The number of nitrogen functional groups attached to an aromatic ring is 1. The number of nitrogens with zero attached hydrogens (tertiary/aromatic N) is 1. The fraction of sp³-hybridized carbons (Fsp3) is 0.333. The summed E-state index contributed by atoms with van der Waals surface area (Å²) in [4.78, 5) is 24.4. The third-order valence-electron chi connectivity index (χ3n) is 2.81. The van der Waals surface area contributed by atoms with Crippen LogP contribution in [0.3, 0.4) is 0 Å². The lowest BCUT2D eigenvalue weighted by molar-refractivity contribution is -0.141. The Hall–Kier alpha value is -2.30. The Kier molecular flexibility index (Phi) is 6.29. The number of hydrogen-bond donors (Lipinski definition) is 1. The minimum Gasteiger partial charge on any atom is -0.469 e. The molecule has 0 aliphatic carbocycles. The molecular formula is C15H20N2O3. The Balaban J connectivity index is 2.43. The number of esters is 1. The summed E-state index contributed by atoms with van der Waals surface area (Å²) in [6, 6.07) is 7.29. The minimum atomic E-state index is -0.263. The monoisotopic (exact) mass is 276 g/mol. The van der Waals surface area contributed by atoms with Crippen LogP contribution in [0.15, 0.2) is 30.3 Å². The molecule has 0 fully saturated rings. The van der Waals surface area contributed by atoms with Gasteiger partial charge in [0.15, 0.2) is 0 Å². The predicted molar refractivity (Wildman–Crippen MR) is 78.8 cm³/mol. The molecule has 0 aliphatic rings. The van der Waals surface area contributed by atoms with E-state index in [2.05, 4.69) is 4.74 Å². The van der Waals surface area contributed by atoms with E-state index < -0.39 is 0 Å². The van der Waals surface area contributed by atoms with Crippen molar-refractivity contribution < 1.29 is 14.3 Å². The number of amides is 1. The number of rotatable bonds is 6. The van der Waals surface area contributed by atoms with Crippen molar-refractivity contribution in [3.63, 3.8) is 0 Å². The third kappa shape index (κ3) is 5.56. The zero-order chi connectivity index (χ0) is 15.0. The number of methoxy groups -OCH3 is 1. The SMILES string of the molecule is COC(=O)CCCN(C)C(=O)/C=C/c1cccc(N)c1. The van der Waals surface area contributed by atoms with E-state index in [0.717, 1.165) is 5.56 Å². The molecule has 0 heterocycles. The molecule has 0 unspecified atom stereocenters. The Morgan fingerprint density at radius 3 is 2.80 bits per heavy atom. The topological polar surface area (TPSA) is 72.6 Å². The molecule has 0 bridgehead atoms. The van der Waals surface area contributed by atoms with E-state index in [1.54, 1.807) is 30.2 Å². The molecule has 1 aromatic carbocycles. The van der Waals surface area contributed by atoms with Gasteiger partial charge in [-0.1, -0.05) is 12.1 Å². The first-order valence-electron chi connectivity index (χ1n) is 6.38. The highest BCUT2D eigenvalue weighted by molar-refractivity contribution is 5.91. The van der Waals surface area contributed by atoms with Gasteiger partial charge < -0.3 is 15.4 Å². The molecule has 1 amide bonds. The van der Waals surface area contributed by atoms with Crippen LogP contribution in [0.1, 0.15) is 18.4 Å². The Morgan fingerprint density at radius 2 is 2.15 bits per heavy atom. The number of anilines is 1. The van der Waals surface area contributed by atoms with Crippen LogP contribution in [0.4, 0.5) is 5.69 Å². The molecule has 0 spiro atoms. The molecule has 0 saturated carbocycles. The van der Waals surface area contributed by atoms with Crippen LogP contribution in [0.2, 0.25) is 0 Å². The molecule has 0 aliphatic heterocycles. The van der Waals surface area contributed by atoms with Crippen molar-refractivity contribution in [1.82, 2.24) is 4.90 Å². The number of nitrogens with two attached hydrogens (primary N) is 1. The summed E-state index contributed by atoms with van der Waals surface area (Å²) in [5.41, 5.74) is 7.19. The van der Waals surface area contributed by atoms with Crippen LogP contribution in [-0.4, -0.2) is 37.5 Å². The maximum atomic E-state index is 11.8. The lowest BCUT2D eigenvalue weighted by Gasteiger charge is -2.14. The number of ether oxygens (including phenoxy) is 1. The Morgan fingerprint density at radius 1 is 1.40 bits per heavy atom. The maximum absolute atomic E-state index is 11.8. The molecule has 5 heteroatoms. The lowest BCUT2D eigenvalue weighted by Crippen LogP contribution is -2.26.